The second-order valence-electron chi connectivity index (χ2n) is 6.33. The average molecular weight is 362 g/mol. The maximum Gasteiger partial charge on any atom is 0.343 e. The summed E-state index contributed by atoms with van der Waals surface area (Å²) in [6.45, 7) is 3.91. The van der Waals surface area contributed by atoms with Gasteiger partial charge in [-0.1, -0.05) is 24.3 Å². The Morgan fingerprint density at radius 3 is 1.67 bits per heavy atom. The fourth-order valence-corrected chi connectivity index (χ4v) is 2.61. The van der Waals surface area contributed by atoms with Gasteiger partial charge in [0.25, 0.3) is 0 Å². The Labute approximate surface area is 159 Å². The second-order valence-corrected chi connectivity index (χ2v) is 6.33. The molecular formula is C23H22O4. The van der Waals surface area contributed by atoms with Gasteiger partial charge in [0.05, 0.1) is 18.8 Å². The van der Waals surface area contributed by atoms with E-state index in [0.29, 0.717) is 11.3 Å². The number of methoxy groups -OCH3 is 1. The number of hydrogen-bond acceptors (Lipinski definition) is 4. The van der Waals surface area contributed by atoms with Gasteiger partial charge in [0.15, 0.2) is 0 Å². The van der Waals surface area contributed by atoms with Crippen LogP contribution in [0.25, 0.3) is 11.1 Å². The first kappa shape index (κ1) is 18.5. The first-order valence-corrected chi connectivity index (χ1v) is 8.78. The van der Waals surface area contributed by atoms with Gasteiger partial charge in [-0.2, -0.15) is 0 Å². The molecule has 0 atom stereocenters. The van der Waals surface area contributed by atoms with Crippen molar-refractivity contribution in [3.8, 4) is 28.4 Å². The normalized spacial score (nSPS) is 10.5. The van der Waals surface area contributed by atoms with Crippen LogP contribution >= 0.6 is 0 Å². The van der Waals surface area contributed by atoms with Crippen LogP contribution in [-0.4, -0.2) is 19.2 Å². The van der Waals surface area contributed by atoms with Crippen molar-refractivity contribution in [1.29, 1.82) is 0 Å². The molecule has 0 amide bonds. The summed E-state index contributed by atoms with van der Waals surface area (Å²) < 4.78 is 16.2. The number of esters is 1. The molecule has 4 heteroatoms. The molecule has 0 radical (unpaired) electrons. The zero-order valence-electron chi connectivity index (χ0n) is 15.6. The van der Waals surface area contributed by atoms with Crippen LogP contribution in [0.3, 0.4) is 0 Å². The Bertz CT molecular complexity index is 879. The van der Waals surface area contributed by atoms with Crippen LogP contribution in [0.2, 0.25) is 0 Å². The average Bonchev–Trinajstić information content (AvgIpc) is 2.69. The monoisotopic (exact) mass is 362 g/mol. The molecule has 0 aliphatic heterocycles. The SMILES string of the molecule is COc1ccc(-c2ccc(OC(=O)c3ccc(OC(C)C)cc3)cc2)cc1. The van der Waals surface area contributed by atoms with Gasteiger partial charge in [0.2, 0.25) is 0 Å². The molecule has 0 saturated heterocycles. The Balaban J connectivity index is 1.65. The standard InChI is InChI=1S/C23H22O4/c1-16(2)26-21-14-8-19(9-15-21)23(24)27-22-12-6-18(7-13-22)17-4-10-20(25-3)11-5-17/h4-16H,1-3H3. The fraction of sp³-hybridized carbons (Fsp3) is 0.174. The van der Waals surface area contributed by atoms with Gasteiger partial charge in [0, 0.05) is 0 Å². The van der Waals surface area contributed by atoms with E-state index in [1.165, 1.54) is 0 Å². The van der Waals surface area contributed by atoms with E-state index >= 15 is 0 Å². The predicted octanol–water partition coefficient (Wildman–Crippen LogP) is 5.37. The van der Waals surface area contributed by atoms with Crippen LogP contribution in [0.4, 0.5) is 0 Å². The molecule has 0 aliphatic carbocycles. The first-order chi connectivity index (χ1) is 13.0. The number of rotatable bonds is 6. The highest BCUT2D eigenvalue weighted by Gasteiger charge is 2.09. The van der Waals surface area contributed by atoms with E-state index in [1.54, 1.807) is 43.5 Å². The van der Waals surface area contributed by atoms with Gasteiger partial charge >= 0.3 is 5.97 Å². The highest BCUT2D eigenvalue weighted by Crippen LogP contribution is 2.25. The third kappa shape index (κ3) is 4.88. The molecule has 3 aromatic rings. The van der Waals surface area contributed by atoms with E-state index in [-0.39, 0.29) is 6.10 Å². The molecule has 4 nitrogen and oxygen atoms in total. The molecule has 0 spiro atoms. The lowest BCUT2D eigenvalue weighted by atomic mass is 10.1. The highest BCUT2D eigenvalue weighted by atomic mass is 16.5. The quantitative estimate of drug-likeness (QED) is 0.437. The minimum Gasteiger partial charge on any atom is -0.497 e. The summed E-state index contributed by atoms with van der Waals surface area (Å²) in [4.78, 5) is 12.3. The first-order valence-electron chi connectivity index (χ1n) is 8.78. The summed E-state index contributed by atoms with van der Waals surface area (Å²) >= 11 is 0. The van der Waals surface area contributed by atoms with Crippen molar-refractivity contribution in [3.63, 3.8) is 0 Å². The van der Waals surface area contributed by atoms with Crippen LogP contribution < -0.4 is 14.2 Å². The maximum absolute atomic E-state index is 12.3. The third-order valence-corrected chi connectivity index (χ3v) is 3.95. The van der Waals surface area contributed by atoms with Crippen molar-refractivity contribution in [2.24, 2.45) is 0 Å². The lowest BCUT2D eigenvalue weighted by Gasteiger charge is -2.10. The summed E-state index contributed by atoms with van der Waals surface area (Å²) in [5, 5.41) is 0. The minimum absolute atomic E-state index is 0.0898. The van der Waals surface area contributed by atoms with E-state index in [1.807, 2.05) is 50.2 Å². The molecule has 27 heavy (non-hydrogen) atoms. The van der Waals surface area contributed by atoms with Crippen LogP contribution in [0.1, 0.15) is 24.2 Å². The van der Waals surface area contributed by atoms with Crippen molar-refractivity contribution in [2.45, 2.75) is 20.0 Å². The zero-order valence-corrected chi connectivity index (χ0v) is 15.6. The lowest BCUT2D eigenvalue weighted by molar-refractivity contribution is 0.0734. The molecule has 0 heterocycles. The van der Waals surface area contributed by atoms with Crippen LogP contribution in [-0.2, 0) is 0 Å². The molecule has 0 N–H and O–H groups in total. The molecular weight excluding hydrogens is 340 g/mol. The molecule has 0 aliphatic rings. The predicted molar refractivity (Wildman–Crippen MR) is 106 cm³/mol. The smallest absolute Gasteiger partial charge is 0.343 e. The molecule has 138 valence electrons. The van der Waals surface area contributed by atoms with Gasteiger partial charge in [0.1, 0.15) is 17.2 Å². The second kappa shape index (κ2) is 8.41. The van der Waals surface area contributed by atoms with Crippen molar-refractivity contribution in [2.75, 3.05) is 7.11 Å². The van der Waals surface area contributed by atoms with E-state index < -0.39 is 5.97 Å². The van der Waals surface area contributed by atoms with Crippen molar-refractivity contribution < 1.29 is 19.0 Å². The lowest BCUT2D eigenvalue weighted by Crippen LogP contribution is -2.09. The number of hydrogen-bond donors (Lipinski definition) is 0. The van der Waals surface area contributed by atoms with Crippen molar-refractivity contribution in [3.05, 3.63) is 78.4 Å². The number of carbonyl (C=O) groups is 1. The fourth-order valence-electron chi connectivity index (χ4n) is 2.61. The number of carbonyl (C=O) groups excluding carboxylic acids is 1. The Kier molecular flexibility index (Phi) is 5.77. The van der Waals surface area contributed by atoms with Crippen molar-refractivity contribution in [1.82, 2.24) is 0 Å². The molecule has 0 unspecified atom stereocenters. The summed E-state index contributed by atoms with van der Waals surface area (Å²) in [5.41, 5.74) is 2.58. The molecule has 0 bridgehead atoms. The molecule has 0 aromatic heterocycles. The Morgan fingerprint density at radius 1 is 0.704 bits per heavy atom. The highest BCUT2D eigenvalue weighted by molar-refractivity contribution is 5.91. The third-order valence-electron chi connectivity index (χ3n) is 3.95. The number of ether oxygens (including phenoxy) is 3. The number of benzene rings is 3. The summed E-state index contributed by atoms with van der Waals surface area (Å²) in [7, 11) is 1.64. The van der Waals surface area contributed by atoms with Crippen LogP contribution in [0, 0.1) is 0 Å². The van der Waals surface area contributed by atoms with Gasteiger partial charge in [-0.15, -0.1) is 0 Å². The summed E-state index contributed by atoms with van der Waals surface area (Å²) in [6.07, 6.45) is 0.0898. The molecule has 0 fully saturated rings. The van der Waals surface area contributed by atoms with Gasteiger partial charge in [-0.05, 0) is 73.5 Å². The largest absolute Gasteiger partial charge is 0.497 e. The molecule has 3 rings (SSSR count). The summed E-state index contributed by atoms with van der Waals surface area (Å²) in [6, 6.07) is 22.1. The molecule has 3 aromatic carbocycles. The van der Waals surface area contributed by atoms with E-state index in [0.717, 1.165) is 22.6 Å². The van der Waals surface area contributed by atoms with E-state index in [2.05, 4.69) is 0 Å². The Hall–Kier alpha value is -3.27. The van der Waals surface area contributed by atoms with E-state index in [9.17, 15) is 4.79 Å². The van der Waals surface area contributed by atoms with Crippen LogP contribution in [0.15, 0.2) is 72.8 Å². The molecule has 0 saturated carbocycles. The zero-order chi connectivity index (χ0) is 19.2. The topological polar surface area (TPSA) is 44.8 Å². The van der Waals surface area contributed by atoms with Crippen LogP contribution in [0.5, 0.6) is 17.2 Å². The summed E-state index contributed by atoms with van der Waals surface area (Å²) in [5.74, 6) is 1.64. The minimum atomic E-state index is -0.400. The van der Waals surface area contributed by atoms with Gasteiger partial charge in [-0.25, -0.2) is 4.79 Å². The van der Waals surface area contributed by atoms with Gasteiger partial charge in [-0.3, -0.25) is 0 Å². The maximum atomic E-state index is 12.3. The Morgan fingerprint density at radius 2 is 1.19 bits per heavy atom. The van der Waals surface area contributed by atoms with E-state index in [4.69, 9.17) is 14.2 Å². The van der Waals surface area contributed by atoms with Crippen molar-refractivity contribution >= 4 is 5.97 Å². The van der Waals surface area contributed by atoms with Gasteiger partial charge < -0.3 is 14.2 Å².